The number of fused-ring (bicyclic) bond motifs is 1. The van der Waals surface area contributed by atoms with Gasteiger partial charge in [-0.1, -0.05) is 44.9 Å². The number of benzene rings is 3. The first kappa shape index (κ1) is 26.6. The molecule has 4 aromatic rings. The van der Waals surface area contributed by atoms with Gasteiger partial charge >= 0.3 is 0 Å². The molecule has 192 valence electrons. The summed E-state index contributed by atoms with van der Waals surface area (Å²) < 4.78 is 11.6. The number of carbonyl (C=O) groups excluding carboxylic acids is 1. The lowest BCUT2D eigenvalue weighted by Gasteiger charge is -2.12. The van der Waals surface area contributed by atoms with Gasteiger partial charge in [0.25, 0.3) is 5.91 Å². The van der Waals surface area contributed by atoms with Crippen LogP contribution in [-0.4, -0.2) is 22.6 Å². The number of nitrogens with one attached hydrogen (secondary N) is 2. The van der Waals surface area contributed by atoms with Gasteiger partial charge in [-0.05, 0) is 91.1 Å². The number of carbonyl (C=O) groups is 1. The van der Waals surface area contributed by atoms with Gasteiger partial charge in [-0.3, -0.25) is 10.1 Å². The van der Waals surface area contributed by atoms with Crippen molar-refractivity contribution in [2.24, 2.45) is 0 Å². The highest BCUT2D eigenvalue weighted by Gasteiger charge is 2.14. The van der Waals surface area contributed by atoms with E-state index in [1.165, 1.54) is 5.56 Å². The van der Waals surface area contributed by atoms with Gasteiger partial charge in [0.1, 0.15) is 11.3 Å². The van der Waals surface area contributed by atoms with E-state index in [1.54, 1.807) is 36.4 Å². The highest BCUT2D eigenvalue weighted by atomic mass is 35.5. The average Bonchev–Trinajstić information content (AvgIpc) is 3.33. The molecule has 1 aromatic heterocycles. The number of amides is 1. The van der Waals surface area contributed by atoms with Gasteiger partial charge in [0.2, 0.25) is 5.89 Å². The lowest BCUT2D eigenvalue weighted by molar-refractivity contribution is 0.0977. The van der Waals surface area contributed by atoms with Gasteiger partial charge in [0.15, 0.2) is 10.7 Å². The van der Waals surface area contributed by atoms with Crippen LogP contribution in [0.25, 0.3) is 22.6 Å². The topological polar surface area (TPSA) is 76.4 Å². The van der Waals surface area contributed by atoms with Crippen LogP contribution in [0.3, 0.4) is 0 Å². The number of thiocarbonyl (C=S) groups is 1. The molecule has 0 radical (unpaired) electrons. The van der Waals surface area contributed by atoms with Crippen LogP contribution in [0, 0.1) is 0 Å². The monoisotopic (exact) mass is 535 g/mol. The summed E-state index contributed by atoms with van der Waals surface area (Å²) in [5, 5.41) is 6.27. The maximum absolute atomic E-state index is 12.6. The van der Waals surface area contributed by atoms with Gasteiger partial charge < -0.3 is 14.5 Å². The third-order valence-corrected chi connectivity index (χ3v) is 6.70. The number of nitrogens with zero attached hydrogens (tertiary/aromatic N) is 1. The Hall–Kier alpha value is -3.42. The molecule has 0 unspecified atom stereocenters. The smallest absolute Gasteiger partial charge is 0.257 e. The molecular weight excluding hydrogens is 506 g/mol. The van der Waals surface area contributed by atoms with E-state index >= 15 is 0 Å². The first-order valence-corrected chi connectivity index (χ1v) is 13.2. The lowest BCUT2D eigenvalue weighted by atomic mass is 9.98. The van der Waals surface area contributed by atoms with Crippen molar-refractivity contribution < 1.29 is 13.9 Å². The van der Waals surface area contributed by atoms with Crippen LogP contribution in [0.5, 0.6) is 5.75 Å². The molecule has 4 rings (SSSR count). The van der Waals surface area contributed by atoms with E-state index in [9.17, 15) is 4.79 Å². The summed E-state index contributed by atoms with van der Waals surface area (Å²) in [5.74, 6) is 1.32. The van der Waals surface area contributed by atoms with Crippen molar-refractivity contribution in [3.63, 3.8) is 0 Å². The first-order valence-electron chi connectivity index (χ1n) is 12.4. The predicted octanol–water partition coefficient (Wildman–Crippen LogP) is 7.97. The standard InChI is InChI=1S/C29H30ClN3O3S/c1-4-6-15-35-22-11-7-19(8-12-22)27(34)33-29(37)32-24-17-21(9-13-23(24)30)28-31-25-16-20(18(3)5-2)10-14-26(25)36-28/h7-14,16-18H,4-6,15H2,1-3H3,(H2,32,33,34,37)/t18-/m0/s1. The van der Waals surface area contributed by atoms with E-state index in [2.05, 4.69) is 48.5 Å². The summed E-state index contributed by atoms with van der Waals surface area (Å²) in [7, 11) is 0. The van der Waals surface area contributed by atoms with Crippen molar-refractivity contribution in [2.75, 3.05) is 11.9 Å². The molecule has 1 atom stereocenters. The maximum Gasteiger partial charge on any atom is 0.257 e. The molecule has 0 aliphatic carbocycles. The second kappa shape index (κ2) is 12.2. The molecule has 0 bridgehead atoms. The highest BCUT2D eigenvalue weighted by Crippen LogP contribution is 2.31. The lowest BCUT2D eigenvalue weighted by Crippen LogP contribution is -2.34. The molecule has 0 fully saturated rings. The van der Waals surface area contributed by atoms with E-state index in [0.717, 1.165) is 41.7 Å². The fourth-order valence-corrected chi connectivity index (χ4v) is 4.10. The minimum absolute atomic E-state index is 0.128. The van der Waals surface area contributed by atoms with E-state index in [1.807, 2.05) is 12.1 Å². The Balaban J connectivity index is 1.44. The third kappa shape index (κ3) is 6.67. The largest absolute Gasteiger partial charge is 0.494 e. The third-order valence-electron chi connectivity index (χ3n) is 6.16. The Bertz CT molecular complexity index is 1400. The molecule has 2 N–H and O–H groups in total. The number of hydrogen-bond acceptors (Lipinski definition) is 5. The van der Waals surface area contributed by atoms with Crippen LogP contribution in [0.2, 0.25) is 5.02 Å². The summed E-state index contributed by atoms with van der Waals surface area (Å²) in [4.78, 5) is 17.3. The van der Waals surface area contributed by atoms with Gasteiger partial charge in [0.05, 0.1) is 17.3 Å². The minimum Gasteiger partial charge on any atom is -0.494 e. The Morgan fingerprint density at radius 1 is 1.11 bits per heavy atom. The summed E-state index contributed by atoms with van der Waals surface area (Å²) in [6, 6.07) is 18.4. The fraction of sp³-hybridized carbons (Fsp3) is 0.276. The average molecular weight is 536 g/mol. The molecule has 0 spiro atoms. The molecule has 3 aromatic carbocycles. The molecule has 0 saturated carbocycles. The molecular formula is C29H30ClN3O3S. The molecule has 37 heavy (non-hydrogen) atoms. The number of halogens is 1. The number of hydrogen-bond donors (Lipinski definition) is 2. The van der Waals surface area contributed by atoms with Crippen molar-refractivity contribution in [3.8, 4) is 17.2 Å². The van der Waals surface area contributed by atoms with Gasteiger partial charge in [-0.15, -0.1) is 0 Å². The summed E-state index contributed by atoms with van der Waals surface area (Å²) in [5.41, 5.74) is 4.49. The summed E-state index contributed by atoms with van der Waals surface area (Å²) >= 11 is 11.8. The van der Waals surface area contributed by atoms with E-state index in [0.29, 0.717) is 34.7 Å². The molecule has 6 nitrogen and oxygen atoms in total. The van der Waals surface area contributed by atoms with Crippen LogP contribution < -0.4 is 15.4 Å². The molecule has 1 heterocycles. The van der Waals surface area contributed by atoms with Crippen molar-refractivity contribution in [1.82, 2.24) is 10.3 Å². The quantitative estimate of drug-likeness (QED) is 0.167. The SMILES string of the molecule is CCCCOc1ccc(C(=O)NC(=S)Nc2cc(-c3nc4cc([C@@H](C)CC)ccc4o3)ccc2Cl)cc1. The fourth-order valence-electron chi connectivity index (χ4n) is 3.73. The van der Waals surface area contributed by atoms with E-state index < -0.39 is 0 Å². The Morgan fingerprint density at radius 2 is 1.89 bits per heavy atom. The maximum atomic E-state index is 12.6. The van der Waals surface area contributed by atoms with Crippen molar-refractivity contribution in [2.45, 2.75) is 46.0 Å². The minimum atomic E-state index is -0.332. The zero-order valence-electron chi connectivity index (χ0n) is 21.1. The number of anilines is 1. The zero-order chi connectivity index (χ0) is 26.4. The van der Waals surface area contributed by atoms with Crippen LogP contribution in [0.1, 0.15) is 61.9 Å². The molecule has 1 amide bonds. The number of ether oxygens (including phenoxy) is 1. The van der Waals surface area contributed by atoms with Crippen LogP contribution in [0.4, 0.5) is 5.69 Å². The van der Waals surface area contributed by atoms with Crippen molar-refractivity contribution in [3.05, 3.63) is 76.8 Å². The van der Waals surface area contributed by atoms with E-state index in [4.69, 9.17) is 33.0 Å². The van der Waals surface area contributed by atoms with Crippen LogP contribution in [0.15, 0.2) is 65.1 Å². The Labute approximate surface area is 227 Å². The Kier molecular flexibility index (Phi) is 8.79. The first-order chi connectivity index (χ1) is 17.9. The Morgan fingerprint density at radius 3 is 2.62 bits per heavy atom. The second-order valence-corrected chi connectivity index (χ2v) is 9.70. The normalized spacial score (nSPS) is 11.8. The number of aromatic nitrogens is 1. The van der Waals surface area contributed by atoms with E-state index in [-0.39, 0.29) is 11.0 Å². The number of rotatable bonds is 9. The van der Waals surface area contributed by atoms with Gasteiger partial charge in [-0.25, -0.2) is 4.98 Å². The van der Waals surface area contributed by atoms with Crippen molar-refractivity contribution >= 4 is 51.6 Å². The zero-order valence-corrected chi connectivity index (χ0v) is 22.7. The number of oxazole rings is 1. The molecule has 0 aliphatic heterocycles. The summed E-state index contributed by atoms with van der Waals surface area (Å²) in [6.07, 6.45) is 3.10. The summed E-state index contributed by atoms with van der Waals surface area (Å²) in [6.45, 7) is 7.12. The molecule has 0 saturated heterocycles. The second-order valence-electron chi connectivity index (χ2n) is 8.88. The molecule has 8 heteroatoms. The predicted molar refractivity (Wildman–Crippen MR) is 154 cm³/mol. The van der Waals surface area contributed by atoms with Crippen LogP contribution >= 0.6 is 23.8 Å². The van der Waals surface area contributed by atoms with Gasteiger partial charge in [0, 0.05) is 11.1 Å². The van der Waals surface area contributed by atoms with Gasteiger partial charge in [-0.2, -0.15) is 0 Å². The molecule has 0 aliphatic rings. The highest BCUT2D eigenvalue weighted by molar-refractivity contribution is 7.80. The van der Waals surface area contributed by atoms with Crippen molar-refractivity contribution in [1.29, 1.82) is 0 Å². The number of unbranched alkanes of at least 4 members (excludes halogenated alkanes) is 1. The van der Waals surface area contributed by atoms with Crippen LogP contribution in [-0.2, 0) is 0 Å².